The van der Waals surface area contributed by atoms with E-state index in [-0.39, 0.29) is 5.91 Å². The van der Waals surface area contributed by atoms with Gasteiger partial charge < -0.3 is 19.9 Å². The number of H-pyrrole nitrogens is 1. The van der Waals surface area contributed by atoms with Crippen LogP contribution in [0, 0.1) is 0 Å². The van der Waals surface area contributed by atoms with Crippen molar-refractivity contribution >= 4 is 30.3 Å². The van der Waals surface area contributed by atoms with Crippen LogP contribution >= 0.6 is 11.8 Å². The molecule has 0 bridgehead atoms. The SMILES string of the molecule is C=c1[nH]cc(CN(C)C)/c1=C/C=C(C)C.CC.CCC.CNC(=O)CSCCOc1ccccc1. The lowest BCUT2D eigenvalue weighted by Gasteiger charge is -2.06. The van der Waals surface area contributed by atoms with Gasteiger partial charge in [-0.25, -0.2) is 0 Å². The van der Waals surface area contributed by atoms with Crippen LogP contribution in [0.25, 0.3) is 12.7 Å². The maximum Gasteiger partial charge on any atom is 0.229 e. The maximum absolute atomic E-state index is 10.9. The van der Waals surface area contributed by atoms with E-state index in [2.05, 4.69) is 75.7 Å². The van der Waals surface area contributed by atoms with Crippen molar-refractivity contribution in [3.05, 3.63) is 64.3 Å². The number of benzene rings is 1. The summed E-state index contributed by atoms with van der Waals surface area (Å²) in [7, 11) is 5.78. The third-order valence-corrected chi connectivity index (χ3v) is 4.83. The first-order valence-corrected chi connectivity index (χ1v) is 13.5. The number of carbonyl (C=O) groups excluding carboxylic acids is 1. The molecular formula is C29H49N3O2S. The van der Waals surface area contributed by atoms with Crippen LogP contribution in [-0.4, -0.2) is 55.0 Å². The summed E-state index contributed by atoms with van der Waals surface area (Å²) in [5, 5.41) is 4.78. The number of para-hydroxylation sites is 1. The minimum atomic E-state index is 0.0553. The minimum Gasteiger partial charge on any atom is -0.493 e. The first-order chi connectivity index (χ1) is 16.7. The summed E-state index contributed by atoms with van der Waals surface area (Å²) in [6.45, 7) is 18.0. The highest BCUT2D eigenvalue weighted by Crippen LogP contribution is 2.09. The number of aromatic amines is 1. The van der Waals surface area contributed by atoms with Crippen LogP contribution in [0.4, 0.5) is 0 Å². The van der Waals surface area contributed by atoms with Crippen molar-refractivity contribution in [2.24, 2.45) is 0 Å². The van der Waals surface area contributed by atoms with Gasteiger partial charge in [0.2, 0.25) is 5.91 Å². The fourth-order valence-electron chi connectivity index (χ4n) is 2.42. The van der Waals surface area contributed by atoms with E-state index in [1.807, 2.05) is 50.4 Å². The number of allylic oxidation sites excluding steroid dienone is 2. The van der Waals surface area contributed by atoms with E-state index in [1.165, 1.54) is 22.8 Å². The summed E-state index contributed by atoms with van der Waals surface area (Å²) in [4.78, 5) is 16.2. The summed E-state index contributed by atoms with van der Waals surface area (Å²) >= 11 is 1.57. The number of rotatable bonds is 9. The van der Waals surface area contributed by atoms with Crippen molar-refractivity contribution in [1.82, 2.24) is 15.2 Å². The zero-order valence-corrected chi connectivity index (χ0v) is 24.3. The lowest BCUT2D eigenvalue weighted by molar-refractivity contribution is -0.118. The topological polar surface area (TPSA) is 57.4 Å². The highest BCUT2D eigenvalue weighted by atomic mass is 32.2. The Kier molecular flexibility index (Phi) is 23.1. The number of ether oxygens (including phenoxy) is 1. The zero-order chi connectivity index (χ0) is 27.1. The number of amides is 1. The molecule has 0 aliphatic rings. The molecule has 0 radical (unpaired) electrons. The first-order valence-electron chi connectivity index (χ1n) is 12.4. The number of thioether (sulfide) groups is 1. The van der Waals surface area contributed by atoms with Gasteiger partial charge in [-0.05, 0) is 45.6 Å². The number of hydrogen-bond donors (Lipinski definition) is 2. The number of nitrogens with one attached hydrogen (secondary N) is 2. The van der Waals surface area contributed by atoms with Gasteiger partial charge in [-0.3, -0.25) is 4.79 Å². The highest BCUT2D eigenvalue weighted by Gasteiger charge is 1.99. The van der Waals surface area contributed by atoms with Crippen LogP contribution in [0.1, 0.15) is 53.5 Å². The Bertz CT molecular complexity index is 902. The van der Waals surface area contributed by atoms with Gasteiger partial charge in [-0.1, -0.05) is 76.6 Å². The second-order valence-electron chi connectivity index (χ2n) is 7.95. The molecule has 6 heteroatoms. The molecule has 0 spiro atoms. The standard InChI is InChI=1S/C13H20N2.C11H15NO2S.C3H8.C2H6/c1-10(2)6-7-13-11(3)14-8-12(13)9-15(4)5;1-12-11(13)9-15-8-7-14-10-5-3-2-4-6-10;1-3-2;1-2/h6-8,14H,3,9H2,1-2,4-5H3;2-6H,7-9H2,1H3,(H,12,13);3H2,1-2H3;1-2H3/b13-7+;;;. The third kappa shape index (κ3) is 19.5. The van der Waals surface area contributed by atoms with Crippen LogP contribution in [0.15, 0.2) is 48.2 Å². The second kappa shape index (κ2) is 23.3. The molecule has 0 unspecified atom stereocenters. The molecule has 1 aromatic carbocycles. The summed E-state index contributed by atoms with van der Waals surface area (Å²) in [6, 6.07) is 9.67. The van der Waals surface area contributed by atoms with Gasteiger partial charge >= 0.3 is 0 Å². The molecule has 198 valence electrons. The van der Waals surface area contributed by atoms with Gasteiger partial charge in [0.15, 0.2) is 0 Å². The van der Waals surface area contributed by atoms with E-state index < -0.39 is 0 Å². The Balaban J connectivity index is 0. The molecule has 0 aliphatic carbocycles. The predicted molar refractivity (Wildman–Crippen MR) is 157 cm³/mol. The molecule has 1 aromatic heterocycles. The normalized spacial score (nSPS) is 10.1. The van der Waals surface area contributed by atoms with Gasteiger partial charge in [0, 0.05) is 36.1 Å². The van der Waals surface area contributed by atoms with E-state index in [0.717, 1.165) is 23.4 Å². The van der Waals surface area contributed by atoms with Gasteiger partial charge in [0.05, 0.1) is 12.4 Å². The highest BCUT2D eigenvalue weighted by molar-refractivity contribution is 7.99. The smallest absolute Gasteiger partial charge is 0.229 e. The molecule has 0 fully saturated rings. The number of hydrogen-bond acceptors (Lipinski definition) is 4. The van der Waals surface area contributed by atoms with E-state index in [1.54, 1.807) is 18.8 Å². The summed E-state index contributed by atoms with van der Waals surface area (Å²) in [6.07, 6.45) is 7.54. The molecule has 35 heavy (non-hydrogen) atoms. The molecule has 1 heterocycles. The second-order valence-corrected chi connectivity index (χ2v) is 9.05. The lowest BCUT2D eigenvalue weighted by Crippen LogP contribution is -2.25. The van der Waals surface area contributed by atoms with E-state index in [0.29, 0.717) is 12.4 Å². The third-order valence-electron chi connectivity index (χ3n) is 3.91. The van der Waals surface area contributed by atoms with Crippen LogP contribution in [0.2, 0.25) is 0 Å². The summed E-state index contributed by atoms with van der Waals surface area (Å²) in [5.74, 6) is 2.24. The van der Waals surface area contributed by atoms with Gasteiger partial charge in [0.1, 0.15) is 5.75 Å². The maximum atomic E-state index is 10.9. The van der Waals surface area contributed by atoms with E-state index >= 15 is 0 Å². The molecule has 0 saturated carbocycles. The van der Waals surface area contributed by atoms with Crippen molar-refractivity contribution < 1.29 is 9.53 Å². The summed E-state index contributed by atoms with van der Waals surface area (Å²) in [5.41, 5.74) is 2.59. The minimum absolute atomic E-state index is 0.0553. The molecule has 1 amide bonds. The Morgan fingerprint density at radius 2 is 1.77 bits per heavy atom. The molecular weight excluding hydrogens is 454 g/mol. The van der Waals surface area contributed by atoms with Crippen LogP contribution < -0.4 is 20.6 Å². The number of aromatic nitrogens is 1. The first kappa shape index (κ1) is 34.7. The Morgan fingerprint density at radius 1 is 1.17 bits per heavy atom. The fraction of sp³-hybridized carbons (Fsp3) is 0.483. The summed E-state index contributed by atoms with van der Waals surface area (Å²) < 4.78 is 5.47. The Hall–Kier alpha value is -2.44. The van der Waals surface area contributed by atoms with E-state index in [9.17, 15) is 4.79 Å². The average molecular weight is 504 g/mol. The quantitative estimate of drug-likeness (QED) is 0.461. The predicted octanol–water partition coefficient (Wildman–Crippen LogP) is 5.22. The van der Waals surface area contributed by atoms with Crippen LogP contribution in [-0.2, 0) is 11.3 Å². The molecule has 0 aliphatic heterocycles. The molecule has 5 nitrogen and oxygen atoms in total. The fourth-order valence-corrected chi connectivity index (χ4v) is 3.10. The number of carbonyl (C=O) groups is 1. The Labute approximate surface area is 218 Å². The largest absolute Gasteiger partial charge is 0.493 e. The van der Waals surface area contributed by atoms with Crippen molar-refractivity contribution in [1.29, 1.82) is 0 Å². The molecule has 2 aromatic rings. The lowest BCUT2D eigenvalue weighted by atomic mass is 10.2. The number of nitrogens with zero attached hydrogens (tertiary/aromatic N) is 1. The Morgan fingerprint density at radius 3 is 2.29 bits per heavy atom. The molecule has 2 N–H and O–H groups in total. The van der Waals surface area contributed by atoms with Crippen molar-refractivity contribution in [2.45, 2.75) is 54.5 Å². The van der Waals surface area contributed by atoms with Crippen LogP contribution in [0.5, 0.6) is 5.75 Å². The van der Waals surface area contributed by atoms with E-state index in [4.69, 9.17) is 4.74 Å². The van der Waals surface area contributed by atoms with Gasteiger partial charge in [0.25, 0.3) is 0 Å². The molecule has 0 saturated heterocycles. The van der Waals surface area contributed by atoms with Gasteiger partial charge in [-0.15, -0.1) is 11.8 Å². The van der Waals surface area contributed by atoms with Crippen LogP contribution in [0.3, 0.4) is 0 Å². The zero-order valence-electron chi connectivity index (χ0n) is 23.5. The molecule has 2 rings (SSSR count). The van der Waals surface area contributed by atoms with Gasteiger partial charge in [-0.2, -0.15) is 0 Å². The van der Waals surface area contributed by atoms with Crippen molar-refractivity contribution in [3.8, 4) is 5.75 Å². The van der Waals surface area contributed by atoms with Crippen molar-refractivity contribution in [2.75, 3.05) is 39.3 Å². The monoisotopic (exact) mass is 503 g/mol. The average Bonchev–Trinajstić information content (AvgIpc) is 3.18. The molecule has 0 atom stereocenters. The van der Waals surface area contributed by atoms with Crippen molar-refractivity contribution in [3.63, 3.8) is 0 Å².